The summed E-state index contributed by atoms with van der Waals surface area (Å²) in [6.07, 6.45) is 4.33. The molecule has 3 heterocycles. The van der Waals surface area contributed by atoms with E-state index in [1.54, 1.807) is 0 Å². The Kier molecular flexibility index (Phi) is 4.06. The summed E-state index contributed by atoms with van der Waals surface area (Å²) in [5.41, 5.74) is 3.33. The Bertz CT molecular complexity index is 602. The molecule has 0 aliphatic carbocycles. The van der Waals surface area contributed by atoms with Crippen LogP contribution in [0.4, 0.5) is 0 Å². The summed E-state index contributed by atoms with van der Waals surface area (Å²) in [7, 11) is 0. The van der Waals surface area contributed by atoms with Gasteiger partial charge in [0.1, 0.15) is 0 Å². The van der Waals surface area contributed by atoms with Crippen LogP contribution in [-0.4, -0.2) is 32.3 Å². The second-order valence-electron chi connectivity index (χ2n) is 5.97. The Morgan fingerprint density at radius 3 is 2.90 bits per heavy atom. The van der Waals surface area contributed by atoms with Crippen molar-refractivity contribution in [3.05, 3.63) is 36.2 Å². The zero-order chi connectivity index (χ0) is 14.8. The third kappa shape index (κ3) is 2.72. The number of hydrogen-bond donors (Lipinski definition) is 0. The van der Waals surface area contributed by atoms with Gasteiger partial charge in [-0.1, -0.05) is 6.07 Å². The maximum Gasteiger partial charge on any atom is 0.0887 e. The van der Waals surface area contributed by atoms with Gasteiger partial charge >= 0.3 is 0 Å². The number of aromatic nitrogens is 3. The first kappa shape index (κ1) is 14.3. The molecule has 0 unspecified atom stereocenters. The molecule has 1 aliphatic rings. The highest BCUT2D eigenvalue weighted by Crippen LogP contribution is 2.33. The van der Waals surface area contributed by atoms with Crippen LogP contribution in [0, 0.1) is 0 Å². The van der Waals surface area contributed by atoms with Crippen molar-refractivity contribution >= 4 is 0 Å². The third-order valence-electron chi connectivity index (χ3n) is 4.35. The highest BCUT2D eigenvalue weighted by molar-refractivity contribution is 5.54. The van der Waals surface area contributed by atoms with Gasteiger partial charge in [0, 0.05) is 18.8 Å². The number of likely N-dealkylation sites (tertiary alicyclic amines) is 1. The topological polar surface area (TPSA) is 34.0 Å². The highest BCUT2D eigenvalue weighted by atomic mass is 15.3. The van der Waals surface area contributed by atoms with E-state index in [1.807, 2.05) is 16.9 Å². The van der Waals surface area contributed by atoms with Crippen molar-refractivity contribution in [2.75, 3.05) is 6.54 Å². The van der Waals surface area contributed by atoms with Crippen LogP contribution in [0.1, 0.15) is 45.3 Å². The van der Waals surface area contributed by atoms with E-state index in [0.29, 0.717) is 12.1 Å². The van der Waals surface area contributed by atoms with E-state index < -0.39 is 0 Å². The Morgan fingerprint density at radius 1 is 1.29 bits per heavy atom. The van der Waals surface area contributed by atoms with E-state index in [4.69, 9.17) is 4.98 Å². The van der Waals surface area contributed by atoms with E-state index in [9.17, 15) is 0 Å². The molecule has 1 saturated heterocycles. The minimum atomic E-state index is 0.461. The van der Waals surface area contributed by atoms with E-state index in [0.717, 1.165) is 17.9 Å². The minimum absolute atomic E-state index is 0.461. The summed E-state index contributed by atoms with van der Waals surface area (Å²) >= 11 is 0. The second-order valence-corrected chi connectivity index (χ2v) is 5.97. The maximum atomic E-state index is 4.94. The monoisotopic (exact) mass is 284 g/mol. The first-order chi connectivity index (χ1) is 10.2. The average Bonchev–Trinajstić information content (AvgIpc) is 3.16. The van der Waals surface area contributed by atoms with Gasteiger partial charge in [0.25, 0.3) is 0 Å². The van der Waals surface area contributed by atoms with Crippen LogP contribution in [0.3, 0.4) is 0 Å². The van der Waals surface area contributed by atoms with E-state index in [1.165, 1.54) is 25.1 Å². The molecule has 2 aromatic rings. The molecule has 0 N–H and O–H groups in total. The lowest BCUT2D eigenvalue weighted by molar-refractivity contribution is 0.202. The van der Waals surface area contributed by atoms with E-state index >= 15 is 0 Å². The molecule has 1 atom stereocenters. The van der Waals surface area contributed by atoms with Crippen molar-refractivity contribution in [3.63, 3.8) is 0 Å². The van der Waals surface area contributed by atoms with E-state index in [-0.39, 0.29) is 0 Å². The zero-order valence-corrected chi connectivity index (χ0v) is 13.2. The lowest BCUT2D eigenvalue weighted by Gasteiger charge is -2.28. The van der Waals surface area contributed by atoms with Crippen LogP contribution in [0.5, 0.6) is 0 Å². The van der Waals surface area contributed by atoms with Crippen LogP contribution in [0.25, 0.3) is 11.4 Å². The van der Waals surface area contributed by atoms with E-state index in [2.05, 4.69) is 49.0 Å². The Hall–Kier alpha value is -1.68. The van der Waals surface area contributed by atoms with Gasteiger partial charge in [0.05, 0.1) is 23.1 Å². The largest absolute Gasteiger partial charge is 0.292 e. The van der Waals surface area contributed by atoms with Gasteiger partial charge in [-0.15, -0.1) is 0 Å². The summed E-state index contributed by atoms with van der Waals surface area (Å²) in [6, 6.07) is 9.46. The quantitative estimate of drug-likeness (QED) is 0.861. The van der Waals surface area contributed by atoms with Gasteiger partial charge in [-0.2, -0.15) is 5.10 Å². The number of aryl methyl sites for hydroxylation is 1. The molecule has 0 saturated carbocycles. The first-order valence-electron chi connectivity index (χ1n) is 7.95. The molecule has 1 fully saturated rings. The number of hydrogen-bond acceptors (Lipinski definition) is 3. The van der Waals surface area contributed by atoms with Crippen molar-refractivity contribution < 1.29 is 0 Å². The van der Waals surface area contributed by atoms with Gasteiger partial charge in [-0.3, -0.25) is 9.58 Å². The lowest BCUT2D eigenvalue weighted by Crippen LogP contribution is -2.30. The Morgan fingerprint density at radius 2 is 2.14 bits per heavy atom. The van der Waals surface area contributed by atoms with Crippen molar-refractivity contribution in [1.82, 2.24) is 19.7 Å². The van der Waals surface area contributed by atoms with Crippen LogP contribution in [0.15, 0.2) is 30.5 Å². The molecule has 2 aromatic heterocycles. The van der Waals surface area contributed by atoms with Gasteiger partial charge in [-0.25, -0.2) is 4.98 Å². The summed E-state index contributed by atoms with van der Waals surface area (Å²) in [5, 5.41) is 4.35. The maximum absolute atomic E-state index is 4.94. The van der Waals surface area contributed by atoms with Gasteiger partial charge in [-0.05, 0) is 58.4 Å². The molecule has 0 amide bonds. The first-order valence-corrected chi connectivity index (χ1v) is 7.95. The number of nitrogens with zero attached hydrogens (tertiary/aromatic N) is 4. The predicted octanol–water partition coefficient (Wildman–Crippen LogP) is 3.51. The SMILES string of the molecule is CCn1nccc1-c1cccc([C@H]2CCCN2C(C)C)n1. The number of pyridine rings is 1. The Labute approximate surface area is 126 Å². The van der Waals surface area contributed by atoms with Gasteiger partial charge in [0.2, 0.25) is 0 Å². The molecular formula is C17H24N4. The highest BCUT2D eigenvalue weighted by Gasteiger charge is 2.28. The van der Waals surface area contributed by atoms with Crippen molar-refractivity contribution in [1.29, 1.82) is 0 Å². The normalized spacial score (nSPS) is 19.5. The molecule has 21 heavy (non-hydrogen) atoms. The lowest BCUT2D eigenvalue weighted by atomic mass is 10.1. The molecule has 0 spiro atoms. The molecular weight excluding hydrogens is 260 g/mol. The van der Waals surface area contributed by atoms with Crippen LogP contribution in [-0.2, 0) is 6.54 Å². The summed E-state index contributed by atoms with van der Waals surface area (Å²) in [6.45, 7) is 8.71. The summed E-state index contributed by atoms with van der Waals surface area (Å²) in [4.78, 5) is 7.49. The van der Waals surface area contributed by atoms with Crippen LogP contribution in [0.2, 0.25) is 0 Å². The molecule has 4 heteroatoms. The molecule has 3 rings (SSSR count). The van der Waals surface area contributed by atoms with Crippen molar-refractivity contribution in [3.8, 4) is 11.4 Å². The molecule has 0 aromatic carbocycles. The Balaban J connectivity index is 1.93. The van der Waals surface area contributed by atoms with Crippen LogP contribution < -0.4 is 0 Å². The second kappa shape index (κ2) is 5.98. The van der Waals surface area contributed by atoms with Gasteiger partial charge < -0.3 is 0 Å². The third-order valence-corrected chi connectivity index (χ3v) is 4.35. The van der Waals surface area contributed by atoms with Crippen LogP contribution >= 0.6 is 0 Å². The molecule has 0 radical (unpaired) electrons. The summed E-state index contributed by atoms with van der Waals surface area (Å²) < 4.78 is 2.00. The average molecular weight is 284 g/mol. The van der Waals surface area contributed by atoms with Crippen molar-refractivity contribution in [2.45, 2.75) is 52.2 Å². The number of rotatable bonds is 4. The standard InChI is InChI=1S/C17H24N4/c1-4-21-17(10-11-18-21)15-8-5-7-14(19-15)16-9-6-12-20(16)13(2)3/h5,7-8,10-11,13,16H,4,6,9,12H2,1-3H3/t16-/m1/s1. The van der Waals surface area contributed by atoms with Gasteiger partial charge in [0.15, 0.2) is 0 Å². The molecule has 1 aliphatic heterocycles. The van der Waals surface area contributed by atoms with Crippen molar-refractivity contribution in [2.24, 2.45) is 0 Å². The molecule has 112 valence electrons. The minimum Gasteiger partial charge on any atom is -0.292 e. The fraction of sp³-hybridized carbons (Fsp3) is 0.529. The predicted molar refractivity (Wildman–Crippen MR) is 84.9 cm³/mol. The fourth-order valence-corrected chi connectivity index (χ4v) is 3.31. The zero-order valence-electron chi connectivity index (χ0n) is 13.2. The fourth-order valence-electron chi connectivity index (χ4n) is 3.31. The smallest absolute Gasteiger partial charge is 0.0887 e. The molecule has 4 nitrogen and oxygen atoms in total. The molecule has 0 bridgehead atoms. The summed E-state index contributed by atoms with van der Waals surface area (Å²) in [5.74, 6) is 0.